The molecule has 0 radical (unpaired) electrons. The molecule has 0 unspecified atom stereocenters. The lowest BCUT2D eigenvalue weighted by Crippen LogP contribution is -2.32. The molecule has 0 saturated heterocycles. The summed E-state index contributed by atoms with van der Waals surface area (Å²) in [7, 11) is 4.92. The molecule has 0 bridgehead atoms. The standard InChI is InChI=1S/C13H23N3O3/c1-17-9-8-16(7-5-14)10-11-13(19-3)12(18-2)4-6-15-11/h4,6H,5,7-10,14H2,1-3H3. The molecular weight excluding hydrogens is 246 g/mol. The van der Waals surface area contributed by atoms with Gasteiger partial charge in [-0.1, -0.05) is 0 Å². The van der Waals surface area contributed by atoms with Crippen molar-refractivity contribution in [2.24, 2.45) is 5.73 Å². The number of aromatic nitrogens is 1. The summed E-state index contributed by atoms with van der Waals surface area (Å²) in [6.45, 7) is 3.49. The first-order valence-corrected chi connectivity index (χ1v) is 6.24. The van der Waals surface area contributed by atoms with Crippen LogP contribution in [0.5, 0.6) is 11.5 Å². The summed E-state index contributed by atoms with van der Waals surface area (Å²) < 4.78 is 15.7. The van der Waals surface area contributed by atoms with E-state index in [-0.39, 0.29) is 0 Å². The van der Waals surface area contributed by atoms with Crippen LogP contribution in [0, 0.1) is 0 Å². The van der Waals surface area contributed by atoms with E-state index in [0.29, 0.717) is 31.2 Å². The second-order valence-electron chi connectivity index (χ2n) is 4.05. The van der Waals surface area contributed by atoms with Gasteiger partial charge in [-0.25, -0.2) is 0 Å². The van der Waals surface area contributed by atoms with E-state index in [0.717, 1.165) is 18.8 Å². The maximum Gasteiger partial charge on any atom is 0.183 e. The monoisotopic (exact) mass is 269 g/mol. The van der Waals surface area contributed by atoms with Gasteiger partial charge in [-0.05, 0) is 0 Å². The van der Waals surface area contributed by atoms with Gasteiger partial charge in [0.2, 0.25) is 0 Å². The SMILES string of the molecule is COCCN(CCN)Cc1nccc(OC)c1OC. The summed E-state index contributed by atoms with van der Waals surface area (Å²) in [5.74, 6) is 1.36. The fourth-order valence-electron chi connectivity index (χ4n) is 1.85. The predicted octanol–water partition coefficient (Wildman–Crippen LogP) is 0.506. The number of nitrogens with zero attached hydrogens (tertiary/aromatic N) is 2. The Morgan fingerprint density at radius 2 is 2.00 bits per heavy atom. The number of ether oxygens (including phenoxy) is 3. The van der Waals surface area contributed by atoms with Crippen molar-refractivity contribution >= 4 is 0 Å². The molecule has 0 aliphatic carbocycles. The highest BCUT2D eigenvalue weighted by molar-refractivity contribution is 5.42. The van der Waals surface area contributed by atoms with E-state index in [1.54, 1.807) is 33.6 Å². The average molecular weight is 269 g/mol. The third kappa shape index (κ3) is 4.66. The second-order valence-corrected chi connectivity index (χ2v) is 4.05. The number of nitrogens with two attached hydrogens (primary N) is 1. The lowest BCUT2D eigenvalue weighted by molar-refractivity contribution is 0.144. The molecule has 0 aliphatic heterocycles. The molecule has 0 spiro atoms. The number of hydrogen-bond acceptors (Lipinski definition) is 6. The van der Waals surface area contributed by atoms with Gasteiger partial charge in [0, 0.05) is 45.6 Å². The Kier molecular flexibility index (Phi) is 7.17. The number of rotatable bonds is 9. The molecule has 0 amide bonds. The molecule has 2 N–H and O–H groups in total. The van der Waals surface area contributed by atoms with Gasteiger partial charge in [0.25, 0.3) is 0 Å². The molecule has 1 aromatic rings. The van der Waals surface area contributed by atoms with Gasteiger partial charge in [-0.3, -0.25) is 9.88 Å². The molecule has 1 rings (SSSR count). The largest absolute Gasteiger partial charge is 0.493 e. The number of hydrogen-bond donors (Lipinski definition) is 1. The maximum absolute atomic E-state index is 5.62. The van der Waals surface area contributed by atoms with Gasteiger partial charge in [0.1, 0.15) is 5.69 Å². The highest BCUT2D eigenvalue weighted by atomic mass is 16.5. The third-order valence-electron chi connectivity index (χ3n) is 2.80. The van der Waals surface area contributed by atoms with E-state index in [1.165, 1.54) is 0 Å². The summed E-state index contributed by atoms with van der Waals surface area (Å²) in [6.07, 6.45) is 1.72. The first kappa shape index (κ1) is 15.7. The summed E-state index contributed by atoms with van der Waals surface area (Å²) in [4.78, 5) is 6.53. The topological polar surface area (TPSA) is 69.8 Å². The first-order valence-electron chi connectivity index (χ1n) is 6.24. The van der Waals surface area contributed by atoms with Crippen LogP contribution in [-0.4, -0.2) is 57.5 Å². The number of pyridine rings is 1. The molecule has 108 valence electrons. The Bertz CT molecular complexity index is 374. The second kappa shape index (κ2) is 8.68. The Labute approximate surface area is 114 Å². The van der Waals surface area contributed by atoms with Gasteiger partial charge < -0.3 is 19.9 Å². The normalized spacial score (nSPS) is 10.8. The van der Waals surface area contributed by atoms with Gasteiger partial charge in [0.05, 0.1) is 20.8 Å². The smallest absolute Gasteiger partial charge is 0.183 e. The molecule has 6 heteroatoms. The molecule has 19 heavy (non-hydrogen) atoms. The van der Waals surface area contributed by atoms with Crippen molar-refractivity contribution in [2.45, 2.75) is 6.54 Å². The molecule has 1 heterocycles. The first-order chi connectivity index (χ1) is 9.26. The van der Waals surface area contributed by atoms with Crippen molar-refractivity contribution in [2.75, 3.05) is 47.6 Å². The summed E-state index contributed by atoms with van der Waals surface area (Å²) in [5, 5.41) is 0. The fourth-order valence-corrected chi connectivity index (χ4v) is 1.85. The van der Waals surface area contributed by atoms with Gasteiger partial charge in [-0.2, -0.15) is 0 Å². The Hall–Kier alpha value is -1.37. The molecule has 0 atom stereocenters. The van der Waals surface area contributed by atoms with Gasteiger partial charge in [0.15, 0.2) is 11.5 Å². The molecule has 0 saturated carbocycles. The minimum Gasteiger partial charge on any atom is -0.493 e. The molecule has 1 aromatic heterocycles. The summed E-state index contributed by atoms with van der Waals surface area (Å²) >= 11 is 0. The molecule has 0 aromatic carbocycles. The predicted molar refractivity (Wildman–Crippen MR) is 73.5 cm³/mol. The van der Waals surface area contributed by atoms with Crippen LogP contribution in [0.4, 0.5) is 0 Å². The zero-order chi connectivity index (χ0) is 14.1. The van der Waals surface area contributed by atoms with E-state index in [4.69, 9.17) is 19.9 Å². The Balaban J connectivity index is 2.82. The van der Waals surface area contributed by atoms with Crippen LogP contribution < -0.4 is 15.2 Å². The zero-order valence-corrected chi connectivity index (χ0v) is 11.9. The van der Waals surface area contributed by atoms with E-state index < -0.39 is 0 Å². The van der Waals surface area contributed by atoms with Crippen molar-refractivity contribution in [3.05, 3.63) is 18.0 Å². The molecule has 6 nitrogen and oxygen atoms in total. The van der Waals surface area contributed by atoms with Crippen molar-refractivity contribution < 1.29 is 14.2 Å². The van der Waals surface area contributed by atoms with Crippen molar-refractivity contribution in [3.63, 3.8) is 0 Å². The summed E-state index contributed by atoms with van der Waals surface area (Å²) in [6, 6.07) is 1.78. The Morgan fingerprint density at radius 3 is 2.58 bits per heavy atom. The van der Waals surface area contributed by atoms with Crippen LogP contribution in [-0.2, 0) is 11.3 Å². The van der Waals surface area contributed by atoms with Crippen molar-refractivity contribution in [3.8, 4) is 11.5 Å². The molecule has 0 aliphatic rings. The minimum atomic E-state index is 0.593. The van der Waals surface area contributed by atoms with Crippen LogP contribution in [0.2, 0.25) is 0 Å². The highest BCUT2D eigenvalue weighted by Gasteiger charge is 2.14. The van der Waals surface area contributed by atoms with Crippen LogP contribution in [0.3, 0.4) is 0 Å². The van der Waals surface area contributed by atoms with Crippen molar-refractivity contribution in [1.82, 2.24) is 9.88 Å². The van der Waals surface area contributed by atoms with Crippen LogP contribution >= 0.6 is 0 Å². The fraction of sp³-hybridized carbons (Fsp3) is 0.615. The Morgan fingerprint density at radius 1 is 1.21 bits per heavy atom. The van der Waals surface area contributed by atoms with Crippen LogP contribution in [0.25, 0.3) is 0 Å². The third-order valence-corrected chi connectivity index (χ3v) is 2.80. The van der Waals surface area contributed by atoms with Crippen LogP contribution in [0.15, 0.2) is 12.3 Å². The van der Waals surface area contributed by atoms with E-state index in [9.17, 15) is 0 Å². The van der Waals surface area contributed by atoms with E-state index >= 15 is 0 Å². The average Bonchev–Trinajstić information content (AvgIpc) is 2.44. The maximum atomic E-state index is 5.62. The lowest BCUT2D eigenvalue weighted by Gasteiger charge is -2.22. The molecule has 0 fully saturated rings. The zero-order valence-electron chi connectivity index (χ0n) is 11.9. The minimum absolute atomic E-state index is 0.593. The van der Waals surface area contributed by atoms with E-state index in [1.807, 2.05) is 0 Å². The highest BCUT2D eigenvalue weighted by Crippen LogP contribution is 2.29. The van der Waals surface area contributed by atoms with Crippen LogP contribution in [0.1, 0.15) is 5.69 Å². The van der Waals surface area contributed by atoms with Gasteiger partial charge >= 0.3 is 0 Å². The number of methoxy groups -OCH3 is 3. The summed E-state index contributed by atoms with van der Waals surface area (Å²) in [5.41, 5.74) is 6.46. The lowest BCUT2D eigenvalue weighted by atomic mass is 10.2. The quantitative estimate of drug-likeness (QED) is 0.704. The molecular formula is C13H23N3O3. The van der Waals surface area contributed by atoms with Crippen molar-refractivity contribution in [1.29, 1.82) is 0 Å². The van der Waals surface area contributed by atoms with Gasteiger partial charge in [-0.15, -0.1) is 0 Å². The van der Waals surface area contributed by atoms with E-state index in [2.05, 4.69) is 9.88 Å².